The van der Waals surface area contributed by atoms with Crippen LogP contribution in [0.2, 0.25) is 5.28 Å². The fourth-order valence-corrected chi connectivity index (χ4v) is 2.78. The molecule has 0 radical (unpaired) electrons. The van der Waals surface area contributed by atoms with E-state index in [9.17, 15) is 4.79 Å². The fraction of sp³-hybridized carbons (Fsp3) is 0.632. The monoisotopic (exact) mass is 363 g/mol. The van der Waals surface area contributed by atoms with Crippen molar-refractivity contribution in [2.24, 2.45) is 11.8 Å². The van der Waals surface area contributed by atoms with Gasteiger partial charge in [-0.1, -0.05) is 18.8 Å². The largest absolute Gasteiger partial charge is 0.460 e. The van der Waals surface area contributed by atoms with E-state index in [-0.39, 0.29) is 11.3 Å². The van der Waals surface area contributed by atoms with Gasteiger partial charge in [0.15, 0.2) is 0 Å². The number of aromatic nitrogens is 2. The Morgan fingerprint density at radius 3 is 2.80 bits per heavy atom. The molecule has 1 aliphatic rings. The lowest BCUT2D eigenvalue weighted by atomic mass is 9.73. The van der Waals surface area contributed by atoms with E-state index in [1.807, 2.05) is 20.8 Å². The average molecular weight is 364 g/mol. The predicted octanol–water partition coefficient (Wildman–Crippen LogP) is 4.06. The SMILES string of the molecule is CCCNc1nc(Cl)ncc1C#CC1CC(CC(=O)OC(C)(C)C)C1. The van der Waals surface area contributed by atoms with Gasteiger partial charge in [-0.2, -0.15) is 4.98 Å². The standard InChI is InChI=1S/C19H26ClN3O2/c1-5-8-21-17-15(12-22-18(20)23-17)7-6-13-9-14(10-13)11-16(24)25-19(2,3)4/h12-14H,5,8-11H2,1-4H3,(H,21,22,23). The van der Waals surface area contributed by atoms with Crippen molar-refractivity contribution in [1.82, 2.24) is 9.97 Å². The van der Waals surface area contributed by atoms with Crippen LogP contribution in [-0.2, 0) is 9.53 Å². The molecule has 1 aromatic rings. The highest BCUT2D eigenvalue weighted by molar-refractivity contribution is 6.28. The summed E-state index contributed by atoms with van der Waals surface area (Å²) < 4.78 is 5.36. The first-order valence-corrected chi connectivity index (χ1v) is 9.14. The average Bonchev–Trinajstić information content (AvgIpc) is 2.46. The molecule has 0 saturated heterocycles. The normalized spacial score (nSPS) is 19.4. The summed E-state index contributed by atoms with van der Waals surface area (Å²) in [5.74, 6) is 7.64. The number of anilines is 1. The number of nitrogens with one attached hydrogen (secondary N) is 1. The van der Waals surface area contributed by atoms with Gasteiger partial charge in [-0.3, -0.25) is 4.79 Å². The molecule has 25 heavy (non-hydrogen) atoms. The number of nitrogens with zero attached hydrogens (tertiary/aromatic N) is 2. The third-order valence-corrected chi connectivity index (χ3v) is 4.01. The maximum absolute atomic E-state index is 11.8. The Morgan fingerprint density at radius 1 is 1.44 bits per heavy atom. The minimum atomic E-state index is -0.420. The van der Waals surface area contributed by atoms with Gasteiger partial charge < -0.3 is 10.1 Å². The zero-order valence-corrected chi connectivity index (χ0v) is 16.1. The van der Waals surface area contributed by atoms with Crippen molar-refractivity contribution in [1.29, 1.82) is 0 Å². The van der Waals surface area contributed by atoms with Crippen LogP contribution in [0.4, 0.5) is 5.82 Å². The lowest BCUT2D eigenvalue weighted by molar-refractivity contribution is -0.156. The molecule has 0 spiro atoms. The molecule has 1 aromatic heterocycles. The van der Waals surface area contributed by atoms with Gasteiger partial charge in [0.2, 0.25) is 5.28 Å². The number of esters is 1. The summed E-state index contributed by atoms with van der Waals surface area (Å²) in [4.78, 5) is 20.0. The van der Waals surface area contributed by atoms with Crippen molar-refractivity contribution in [3.05, 3.63) is 17.0 Å². The van der Waals surface area contributed by atoms with E-state index in [4.69, 9.17) is 16.3 Å². The van der Waals surface area contributed by atoms with E-state index in [0.29, 0.717) is 24.1 Å². The van der Waals surface area contributed by atoms with Gasteiger partial charge in [-0.15, -0.1) is 0 Å². The molecule has 6 heteroatoms. The Bertz CT molecular complexity index is 667. The Balaban J connectivity index is 1.87. The number of carbonyl (C=O) groups is 1. The Kier molecular flexibility index (Phi) is 6.66. The number of hydrogen-bond acceptors (Lipinski definition) is 5. The van der Waals surface area contributed by atoms with E-state index in [0.717, 1.165) is 31.4 Å². The molecule has 1 fully saturated rings. The molecular formula is C19H26ClN3O2. The molecule has 2 rings (SSSR count). The van der Waals surface area contributed by atoms with Crippen molar-refractivity contribution in [3.8, 4) is 11.8 Å². The number of ether oxygens (including phenoxy) is 1. The topological polar surface area (TPSA) is 64.1 Å². The van der Waals surface area contributed by atoms with Crippen LogP contribution in [0.15, 0.2) is 6.20 Å². The Hall–Kier alpha value is -1.80. The number of halogens is 1. The summed E-state index contributed by atoms with van der Waals surface area (Å²) in [5.41, 5.74) is 0.338. The van der Waals surface area contributed by atoms with E-state index in [2.05, 4.69) is 34.0 Å². The van der Waals surface area contributed by atoms with Crippen molar-refractivity contribution in [2.45, 2.75) is 59.0 Å². The number of hydrogen-bond donors (Lipinski definition) is 1. The molecule has 0 bridgehead atoms. The van der Waals surface area contributed by atoms with Crippen LogP contribution in [0, 0.1) is 23.7 Å². The van der Waals surface area contributed by atoms with Crippen LogP contribution in [0.3, 0.4) is 0 Å². The molecule has 1 heterocycles. The van der Waals surface area contributed by atoms with E-state index < -0.39 is 5.60 Å². The second kappa shape index (κ2) is 8.53. The van der Waals surface area contributed by atoms with Crippen molar-refractivity contribution in [2.75, 3.05) is 11.9 Å². The quantitative estimate of drug-likeness (QED) is 0.485. The molecule has 0 aromatic carbocycles. The second-order valence-electron chi connectivity index (χ2n) is 7.42. The fourth-order valence-electron chi connectivity index (χ4n) is 2.65. The van der Waals surface area contributed by atoms with Gasteiger partial charge in [0.05, 0.1) is 5.56 Å². The lowest BCUT2D eigenvalue weighted by Crippen LogP contribution is -2.29. The van der Waals surface area contributed by atoms with Gasteiger partial charge in [-0.05, 0) is 57.6 Å². The zero-order valence-electron chi connectivity index (χ0n) is 15.4. The molecular weight excluding hydrogens is 338 g/mol. The summed E-state index contributed by atoms with van der Waals surface area (Å²) in [7, 11) is 0. The first kappa shape index (κ1) is 19.5. The first-order valence-electron chi connectivity index (χ1n) is 8.76. The molecule has 1 aliphatic carbocycles. The Labute approximate surface area is 154 Å². The first-order chi connectivity index (χ1) is 11.8. The Morgan fingerprint density at radius 2 is 2.16 bits per heavy atom. The van der Waals surface area contributed by atoms with Gasteiger partial charge in [0, 0.05) is 25.1 Å². The highest BCUT2D eigenvalue weighted by Crippen LogP contribution is 2.36. The summed E-state index contributed by atoms with van der Waals surface area (Å²) in [6, 6.07) is 0. The third kappa shape index (κ3) is 6.55. The van der Waals surface area contributed by atoms with Gasteiger partial charge in [0.1, 0.15) is 11.4 Å². The van der Waals surface area contributed by atoms with Crippen LogP contribution < -0.4 is 5.32 Å². The summed E-state index contributed by atoms with van der Waals surface area (Å²) >= 11 is 5.86. The molecule has 0 unspecified atom stereocenters. The maximum atomic E-state index is 11.8. The van der Waals surface area contributed by atoms with Crippen molar-refractivity contribution >= 4 is 23.4 Å². The molecule has 5 nitrogen and oxygen atoms in total. The van der Waals surface area contributed by atoms with Crippen LogP contribution in [0.5, 0.6) is 0 Å². The summed E-state index contributed by atoms with van der Waals surface area (Å²) in [6.45, 7) is 8.55. The molecule has 0 aliphatic heterocycles. The lowest BCUT2D eigenvalue weighted by Gasteiger charge is -2.32. The molecule has 136 valence electrons. The van der Waals surface area contributed by atoms with Gasteiger partial charge >= 0.3 is 5.97 Å². The van der Waals surface area contributed by atoms with Crippen LogP contribution in [0.25, 0.3) is 0 Å². The number of rotatable bonds is 5. The smallest absolute Gasteiger partial charge is 0.306 e. The van der Waals surface area contributed by atoms with Crippen LogP contribution >= 0.6 is 11.6 Å². The highest BCUT2D eigenvalue weighted by atomic mass is 35.5. The second-order valence-corrected chi connectivity index (χ2v) is 7.76. The predicted molar refractivity (Wildman–Crippen MR) is 99.4 cm³/mol. The summed E-state index contributed by atoms with van der Waals surface area (Å²) in [5, 5.41) is 3.43. The van der Waals surface area contributed by atoms with E-state index >= 15 is 0 Å². The summed E-state index contributed by atoms with van der Waals surface area (Å²) in [6.07, 6.45) is 4.97. The highest BCUT2D eigenvalue weighted by Gasteiger charge is 2.31. The van der Waals surface area contributed by atoms with Crippen molar-refractivity contribution in [3.63, 3.8) is 0 Å². The molecule has 0 amide bonds. The third-order valence-electron chi connectivity index (χ3n) is 3.82. The van der Waals surface area contributed by atoms with Gasteiger partial charge in [-0.25, -0.2) is 4.98 Å². The maximum Gasteiger partial charge on any atom is 0.306 e. The molecule has 1 saturated carbocycles. The zero-order chi connectivity index (χ0) is 18.4. The molecule has 0 atom stereocenters. The van der Waals surface area contributed by atoms with Crippen molar-refractivity contribution < 1.29 is 9.53 Å². The van der Waals surface area contributed by atoms with E-state index in [1.165, 1.54) is 0 Å². The number of carbonyl (C=O) groups excluding carboxylic acids is 1. The minimum absolute atomic E-state index is 0.124. The van der Waals surface area contributed by atoms with Crippen LogP contribution in [-0.4, -0.2) is 28.1 Å². The van der Waals surface area contributed by atoms with Crippen LogP contribution in [0.1, 0.15) is 58.9 Å². The molecule has 1 N–H and O–H groups in total. The van der Waals surface area contributed by atoms with Gasteiger partial charge in [0.25, 0.3) is 0 Å². The minimum Gasteiger partial charge on any atom is -0.460 e. The van der Waals surface area contributed by atoms with E-state index in [1.54, 1.807) is 6.20 Å².